The van der Waals surface area contributed by atoms with E-state index in [0.717, 1.165) is 30.1 Å². The van der Waals surface area contributed by atoms with E-state index in [9.17, 15) is 4.79 Å². The van der Waals surface area contributed by atoms with Crippen LogP contribution in [0.15, 0.2) is 56.5 Å². The number of unbranched alkanes of at least 4 members (excludes halogenated alkanes) is 4. The Kier molecular flexibility index (Phi) is 12.0. The van der Waals surface area contributed by atoms with E-state index in [0.29, 0.717) is 53.1 Å². The van der Waals surface area contributed by atoms with Crippen molar-refractivity contribution in [3.63, 3.8) is 0 Å². The van der Waals surface area contributed by atoms with Crippen LogP contribution in [0.4, 0.5) is 0 Å². The fraction of sp³-hybridized carbons (Fsp3) is 0.419. The van der Waals surface area contributed by atoms with Crippen LogP contribution in [0.3, 0.4) is 0 Å². The summed E-state index contributed by atoms with van der Waals surface area (Å²) in [7, 11) is 1.55. The van der Waals surface area contributed by atoms with Gasteiger partial charge >= 0.3 is 0 Å². The lowest BCUT2D eigenvalue weighted by Crippen LogP contribution is -2.35. The number of fused-ring (bicyclic) bond motifs is 1. The molecule has 224 valence electrons. The number of methoxy groups -OCH3 is 1. The number of aryl methyl sites for hydroxylation is 1. The molecule has 0 fully saturated rings. The molecular formula is C31H37BrN4O5S. The van der Waals surface area contributed by atoms with Gasteiger partial charge in [0.2, 0.25) is 5.17 Å². The van der Waals surface area contributed by atoms with Gasteiger partial charge < -0.3 is 18.9 Å². The summed E-state index contributed by atoms with van der Waals surface area (Å²) in [6.45, 7) is 5.80. The van der Waals surface area contributed by atoms with Crippen molar-refractivity contribution < 1.29 is 23.7 Å². The molecule has 2 aliphatic heterocycles. The van der Waals surface area contributed by atoms with Gasteiger partial charge in [-0.25, -0.2) is 0 Å². The summed E-state index contributed by atoms with van der Waals surface area (Å²) in [4.78, 5) is 17.1. The van der Waals surface area contributed by atoms with Crippen molar-refractivity contribution in [3.8, 4) is 17.2 Å². The number of halogens is 1. The number of amidine groups is 2. The highest BCUT2D eigenvalue weighted by Crippen LogP contribution is 2.38. The van der Waals surface area contributed by atoms with Crippen molar-refractivity contribution in [2.75, 3.05) is 33.5 Å². The zero-order valence-electron chi connectivity index (χ0n) is 24.3. The van der Waals surface area contributed by atoms with Gasteiger partial charge in [-0.2, -0.15) is 15.1 Å². The minimum Gasteiger partial charge on any atom is -0.493 e. The fourth-order valence-electron chi connectivity index (χ4n) is 4.30. The SMILES string of the molecule is CCCCCCCC1=NN2C(=N)/C(=C/c3cc(Br)c(OCCOCCOc4ccc(C)cc4)c(OC)c3)C(=O)N=C2S1. The predicted molar refractivity (Wildman–Crippen MR) is 172 cm³/mol. The number of hydrazone groups is 1. The van der Waals surface area contributed by atoms with Crippen LogP contribution in [0.2, 0.25) is 0 Å². The number of rotatable bonds is 16. The first-order valence-electron chi connectivity index (χ1n) is 14.2. The standard InChI is InChI=1S/C31H37BrN4O5S/c1-4-5-6-7-8-9-27-35-36-29(33)24(30(37)34-31(36)42-27)18-22-19-25(32)28(26(20-22)38-3)41-17-15-39-14-16-40-23-12-10-21(2)11-13-23/h10-13,18-20,33H,4-9,14-17H2,1-3H3/b24-18-,33-29?. The third-order valence-electron chi connectivity index (χ3n) is 6.54. The topological polar surface area (TPSA) is 106 Å². The summed E-state index contributed by atoms with van der Waals surface area (Å²) >= 11 is 4.93. The Hall–Kier alpha value is -3.15. The number of benzene rings is 2. The molecule has 2 aliphatic rings. The molecule has 0 aromatic heterocycles. The van der Waals surface area contributed by atoms with Crippen LogP contribution in [0, 0.1) is 12.3 Å². The summed E-state index contributed by atoms with van der Waals surface area (Å²) in [6.07, 6.45) is 8.28. The Bertz CT molecular complexity index is 1360. The molecule has 0 atom stereocenters. The van der Waals surface area contributed by atoms with E-state index in [2.05, 4.69) is 32.9 Å². The number of ether oxygens (including phenoxy) is 4. The predicted octanol–water partition coefficient (Wildman–Crippen LogP) is 7.22. The van der Waals surface area contributed by atoms with Crippen LogP contribution in [0.1, 0.15) is 56.6 Å². The minimum absolute atomic E-state index is 0.0115. The smallest absolute Gasteiger partial charge is 0.283 e. The summed E-state index contributed by atoms with van der Waals surface area (Å²) < 4.78 is 23.4. The first-order valence-corrected chi connectivity index (χ1v) is 15.8. The second kappa shape index (κ2) is 15.9. The maximum Gasteiger partial charge on any atom is 0.283 e. The summed E-state index contributed by atoms with van der Waals surface area (Å²) in [5.41, 5.74) is 2.01. The first-order chi connectivity index (χ1) is 20.4. The first kappa shape index (κ1) is 31.8. The molecule has 0 bridgehead atoms. The molecule has 0 unspecified atom stereocenters. The quantitative estimate of drug-likeness (QED) is 0.150. The molecule has 0 saturated carbocycles. The molecule has 0 radical (unpaired) electrons. The Morgan fingerprint density at radius 2 is 1.76 bits per heavy atom. The minimum atomic E-state index is -0.461. The number of hydrogen-bond donors (Lipinski definition) is 1. The van der Waals surface area contributed by atoms with Crippen molar-refractivity contribution >= 4 is 55.7 Å². The lowest BCUT2D eigenvalue weighted by atomic mass is 10.1. The molecule has 0 aliphatic carbocycles. The van der Waals surface area contributed by atoms with Gasteiger partial charge in [0.25, 0.3) is 5.91 Å². The van der Waals surface area contributed by atoms with Gasteiger partial charge in [0.1, 0.15) is 24.0 Å². The molecular weight excluding hydrogens is 620 g/mol. The lowest BCUT2D eigenvalue weighted by Gasteiger charge is -2.20. The van der Waals surface area contributed by atoms with Crippen molar-refractivity contribution in [2.45, 2.75) is 52.4 Å². The number of thioether (sulfide) groups is 1. The maximum absolute atomic E-state index is 12.9. The zero-order valence-corrected chi connectivity index (χ0v) is 26.7. The van der Waals surface area contributed by atoms with E-state index < -0.39 is 5.91 Å². The van der Waals surface area contributed by atoms with E-state index >= 15 is 0 Å². The maximum atomic E-state index is 12.9. The number of nitrogens with one attached hydrogen (secondary N) is 1. The van der Waals surface area contributed by atoms with E-state index in [1.54, 1.807) is 19.3 Å². The number of hydrogen-bond acceptors (Lipinski definition) is 8. The normalized spacial score (nSPS) is 15.5. The molecule has 0 saturated heterocycles. The van der Waals surface area contributed by atoms with E-state index in [1.807, 2.05) is 37.3 Å². The van der Waals surface area contributed by atoms with Gasteiger partial charge in [0.15, 0.2) is 17.3 Å². The molecule has 1 N–H and O–H groups in total. The van der Waals surface area contributed by atoms with Gasteiger partial charge in [-0.05, 0) is 83.4 Å². The van der Waals surface area contributed by atoms with Crippen molar-refractivity contribution in [1.29, 1.82) is 5.41 Å². The van der Waals surface area contributed by atoms with Crippen LogP contribution in [0.25, 0.3) is 6.08 Å². The third kappa shape index (κ3) is 8.68. The van der Waals surface area contributed by atoms with Crippen molar-refractivity contribution in [1.82, 2.24) is 5.01 Å². The highest BCUT2D eigenvalue weighted by Gasteiger charge is 2.35. The Balaban J connectivity index is 1.31. The molecule has 2 heterocycles. The van der Waals surface area contributed by atoms with Gasteiger partial charge in [0.05, 0.1) is 30.4 Å². The third-order valence-corrected chi connectivity index (χ3v) is 8.10. The molecule has 9 nitrogen and oxygen atoms in total. The zero-order chi connectivity index (χ0) is 29.9. The average molecular weight is 658 g/mol. The molecule has 1 amide bonds. The van der Waals surface area contributed by atoms with Gasteiger partial charge in [-0.15, -0.1) is 0 Å². The van der Waals surface area contributed by atoms with Crippen LogP contribution in [-0.2, 0) is 9.53 Å². The van der Waals surface area contributed by atoms with Crippen LogP contribution in [0.5, 0.6) is 17.2 Å². The molecule has 42 heavy (non-hydrogen) atoms. The monoisotopic (exact) mass is 656 g/mol. The summed E-state index contributed by atoms with van der Waals surface area (Å²) in [5, 5.41) is 16.0. The Morgan fingerprint density at radius 3 is 2.50 bits per heavy atom. The van der Waals surface area contributed by atoms with Crippen molar-refractivity contribution in [3.05, 3.63) is 57.6 Å². The lowest BCUT2D eigenvalue weighted by molar-refractivity contribution is -0.114. The van der Waals surface area contributed by atoms with Crippen LogP contribution < -0.4 is 14.2 Å². The number of nitrogens with zero attached hydrogens (tertiary/aromatic N) is 3. The number of amides is 1. The highest BCUT2D eigenvalue weighted by atomic mass is 79.9. The molecule has 4 rings (SSSR count). The molecule has 0 spiro atoms. The average Bonchev–Trinajstić information content (AvgIpc) is 3.39. The number of carbonyl (C=O) groups is 1. The largest absolute Gasteiger partial charge is 0.493 e. The number of carbonyl (C=O) groups excluding carboxylic acids is 1. The van der Waals surface area contributed by atoms with Gasteiger partial charge in [-0.1, -0.05) is 50.3 Å². The summed E-state index contributed by atoms with van der Waals surface area (Å²) in [5.74, 6) is 1.37. The molecule has 2 aromatic carbocycles. The van der Waals surface area contributed by atoms with Crippen LogP contribution >= 0.6 is 27.7 Å². The van der Waals surface area contributed by atoms with Gasteiger partial charge in [0, 0.05) is 0 Å². The molecule has 2 aromatic rings. The second-order valence-electron chi connectivity index (χ2n) is 9.83. The number of aliphatic imine (C=N–C) groups is 1. The summed E-state index contributed by atoms with van der Waals surface area (Å²) in [6, 6.07) is 11.5. The van der Waals surface area contributed by atoms with E-state index in [1.165, 1.54) is 41.6 Å². The molecule has 11 heteroatoms. The Labute approximate surface area is 260 Å². The van der Waals surface area contributed by atoms with Gasteiger partial charge in [-0.3, -0.25) is 10.2 Å². The fourth-order valence-corrected chi connectivity index (χ4v) is 5.80. The van der Waals surface area contributed by atoms with E-state index in [-0.39, 0.29) is 11.4 Å². The van der Waals surface area contributed by atoms with Crippen LogP contribution in [-0.4, -0.2) is 60.5 Å². The second-order valence-corrected chi connectivity index (χ2v) is 11.7. The van der Waals surface area contributed by atoms with E-state index in [4.69, 9.17) is 24.4 Å². The highest BCUT2D eigenvalue weighted by molar-refractivity contribution is 9.10. The van der Waals surface area contributed by atoms with Crippen molar-refractivity contribution in [2.24, 2.45) is 10.1 Å². The Morgan fingerprint density at radius 1 is 1.02 bits per heavy atom.